The number of carbonyl (C=O) groups excluding carboxylic acids is 1. The maximum Gasteiger partial charge on any atom is 0.302 e. The molecule has 0 spiro atoms. The van der Waals surface area contributed by atoms with E-state index >= 15 is 0 Å². The number of benzene rings is 2. The van der Waals surface area contributed by atoms with Crippen LogP contribution in [0.4, 0.5) is 0 Å². The smallest absolute Gasteiger partial charge is 0.302 e. The predicted molar refractivity (Wildman–Crippen MR) is 110 cm³/mol. The molecule has 0 aliphatic rings. The average molecular weight is 418 g/mol. The van der Waals surface area contributed by atoms with Crippen molar-refractivity contribution in [3.8, 4) is 23.0 Å². The summed E-state index contributed by atoms with van der Waals surface area (Å²) >= 11 is 0. The van der Waals surface area contributed by atoms with E-state index in [0.717, 1.165) is 5.56 Å². The molecule has 30 heavy (non-hydrogen) atoms. The fourth-order valence-corrected chi connectivity index (χ4v) is 2.69. The maximum atomic E-state index is 10.8. The van der Waals surface area contributed by atoms with Gasteiger partial charge in [0.15, 0.2) is 29.1 Å². The quantitative estimate of drug-likeness (QED) is 0.504. The molecule has 2 atom stereocenters. The molecule has 3 N–H and O–H groups in total. The highest BCUT2D eigenvalue weighted by atomic mass is 16.5. The highest BCUT2D eigenvalue weighted by Crippen LogP contribution is 2.34. The third kappa shape index (κ3) is 6.13. The van der Waals surface area contributed by atoms with Crippen LogP contribution in [0, 0.1) is 0 Å². The van der Waals surface area contributed by atoms with Crippen LogP contribution in [0.25, 0.3) is 6.08 Å². The van der Waals surface area contributed by atoms with Crippen LogP contribution in [0.15, 0.2) is 42.5 Å². The van der Waals surface area contributed by atoms with Crippen molar-refractivity contribution in [1.82, 2.24) is 0 Å². The molecule has 0 aliphatic heterocycles. The second-order valence-electron chi connectivity index (χ2n) is 6.33. The molecule has 0 saturated carbocycles. The van der Waals surface area contributed by atoms with Gasteiger partial charge in [-0.25, -0.2) is 0 Å². The number of rotatable bonds is 10. The van der Waals surface area contributed by atoms with E-state index in [1.54, 1.807) is 30.4 Å². The van der Waals surface area contributed by atoms with E-state index in [1.807, 2.05) is 0 Å². The lowest BCUT2D eigenvalue weighted by Crippen LogP contribution is -2.29. The Kier molecular flexibility index (Phi) is 8.52. The molecule has 0 heterocycles. The van der Waals surface area contributed by atoms with Gasteiger partial charge < -0.3 is 34.3 Å². The van der Waals surface area contributed by atoms with Crippen LogP contribution in [0.2, 0.25) is 0 Å². The number of aliphatic hydroxyl groups is 2. The first-order valence-electron chi connectivity index (χ1n) is 9.20. The molecular formula is C22H26O8. The van der Waals surface area contributed by atoms with Gasteiger partial charge in [-0.15, -0.1) is 0 Å². The Bertz CT molecular complexity index is 877. The zero-order valence-electron chi connectivity index (χ0n) is 17.1. The van der Waals surface area contributed by atoms with Crippen LogP contribution in [0.5, 0.6) is 23.0 Å². The first-order chi connectivity index (χ1) is 14.4. The zero-order chi connectivity index (χ0) is 22.1. The number of esters is 1. The van der Waals surface area contributed by atoms with Gasteiger partial charge in [0, 0.05) is 6.92 Å². The number of aliphatic hydroxyl groups excluding tert-OH is 2. The van der Waals surface area contributed by atoms with Crippen molar-refractivity contribution < 1.29 is 39.1 Å². The summed E-state index contributed by atoms with van der Waals surface area (Å²) in [7, 11) is 2.88. The largest absolute Gasteiger partial charge is 0.504 e. The van der Waals surface area contributed by atoms with Crippen molar-refractivity contribution in [1.29, 1.82) is 0 Å². The van der Waals surface area contributed by atoms with Gasteiger partial charge in [0.1, 0.15) is 12.7 Å². The summed E-state index contributed by atoms with van der Waals surface area (Å²) in [5.41, 5.74) is 1.20. The molecule has 0 amide bonds. The fourth-order valence-electron chi connectivity index (χ4n) is 2.69. The molecule has 2 aromatic carbocycles. The highest BCUT2D eigenvalue weighted by Gasteiger charge is 2.24. The van der Waals surface area contributed by atoms with Gasteiger partial charge in [-0.05, 0) is 41.5 Å². The molecule has 0 saturated heterocycles. The molecule has 2 unspecified atom stereocenters. The van der Waals surface area contributed by atoms with Crippen LogP contribution in [0.3, 0.4) is 0 Å². The monoisotopic (exact) mass is 418 g/mol. The van der Waals surface area contributed by atoms with Crippen molar-refractivity contribution in [2.45, 2.75) is 19.1 Å². The number of phenols is 1. The van der Waals surface area contributed by atoms with Crippen molar-refractivity contribution in [2.24, 2.45) is 0 Å². The molecule has 2 rings (SSSR count). The molecule has 0 radical (unpaired) electrons. The summed E-state index contributed by atoms with van der Waals surface area (Å²) in [4.78, 5) is 10.8. The number of hydrogen-bond acceptors (Lipinski definition) is 8. The minimum Gasteiger partial charge on any atom is -0.504 e. The molecular weight excluding hydrogens is 392 g/mol. The first-order valence-corrected chi connectivity index (χ1v) is 9.20. The third-order valence-corrected chi connectivity index (χ3v) is 4.24. The average Bonchev–Trinajstić information content (AvgIpc) is 2.75. The lowest BCUT2D eigenvalue weighted by Gasteiger charge is -2.24. The topological polar surface area (TPSA) is 115 Å². The number of methoxy groups -OCH3 is 2. The zero-order valence-corrected chi connectivity index (χ0v) is 17.1. The first kappa shape index (κ1) is 23.1. The van der Waals surface area contributed by atoms with Gasteiger partial charge in [-0.1, -0.05) is 18.2 Å². The molecule has 0 bridgehead atoms. The summed E-state index contributed by atoms with van der Waals surface area (Å²) in [6.07, 6.45) is 1.28. The van der Waals surface area contributed by atoms with Gasteiger partial charge in [-0.2, -0.15) is 0 Å². The Morgan fingerprint density at radius 1 is 1.07 bits per heavy atom. The Morgan fingerprint density at radius 3 is 2.43 bits per heavy atom. The van der Waals surface area contributed by atoms with E-state index < -0.39 is 18.8 Å². The number of ether oxygens (including phenoxy) is 4. The Labute approximate surface area is 174 Å². The van der Waals surface area contributed by atoms with Gasteiger partial charge in [0.05, 0.1) is 20.8 Å². The Balaban J connectivity index is 2.16. The van der Waals surface area contributed by atoms with Gasteiger partial charge in [-0.3, -0.25) is 4.79 Å². The van der Waals surface area contributed by atoms with E-state index in [-0.39, 0.29) is 24.1 Å². The van der Waals surface area contributed by atoms with Crippen molar-refractivity contribution in [3.63, 3.8) is 0 Å². The lowest BCUT2D eigenvalue weighted by molar-refractivity contribution is -0.139. The van der Waals surface area contributed by atoms with E-state index in [2.05, 4.69) is 0 Å². The van der Waals surface area contributed by atoms with Crippen molar-refractivity contribution in [2.75, 3.05) is 27.4 Å². The molecule has 0 fully saturated rings. The lowest BCUT2D eigenvalue weighted by atomic mass is 10.0. The van der Waals surface area contributed by atoms with E-state index in [9.17, 15) is 20.1 Å². The summed E-state index contributed by atoms with van der Waals surface area (Å²) in [5, 5.41) is 30.1. The third-order valence-electron chi connectivity index (χ3n) is 4.24. The number of hydrogen-bond donors (Lipinski definition) is 3. The molecule has 8 nitrogen and oxygen atoms in total. The predicted octanol–water partition coefficient (Wildman–Crippen LogP) is 2.46. The second kappa shape index (κ2) is 11.1. The highest BCUT2D eigenvalue weighted by molar-refractivity contribution is 5.66. The fraction of sp³-hybridized carbons (Fsp3) is 0.318. The standard InChI is InChI=1S/C22H26O8/c1-14(24)29-10-4-5-15-6-9-18(20(11-15)28-3)30-21(13-23)22(26)16-7-8-17(25)19(12-16)27-2/h4-9,11-12,21-23,25-26H,10,13H2,1-3H3/b5-4+. The SMILES string of the molecule is COc1cc(C(O)C(CO)Oc2ccc(/C=C/COC(C)=O)cc2OC)ccc1O. The minimum absolute atomic E-state index is 0.0612. The molecule has 162 valence electrons. The van der Waals surface area contributed by atoms with E-state index in [0.29, 0.717) is 17.1 Å². The molecule has 8 heteroatoms. The molecule has 0 aromatic heterocycles. The normalized spacial score (nSPS) is 13.0. The van der Waals surface area contributed by atoms with Crippen LogP contribution >= 0.6 is 0 Å². The molecule has 2 aromatic rings. The van der Waals surface area contributed by atoms with Gasteiger partial charge in [0.25, 0.3) is 0 Å². The second-order valence-corrected chi connectivity index (χ2v) is 6.33. The number of aromatic hydroxyl groups is 1. The summed E-state index contributed by atoms with van der Waals surface area (Å²) in [6, 6.07) is 9.50. The summed E-state index contributed by atoms with van der Waals surface area (Å²) < 4.78 is 21.0. The Hall–Kier alpha value is -3.23. The summed E-state index contributed by atoms with van der Waals surface area (Å²) in [6.45, 7) is 1.03. The number of phenolic OH excluding ortho intramolecular Hbond substituents is 1. The van der Waals surface area contributed by atoms with Crippen LogP contribution in [-0.2, 0) is 9.53 Å². The van der Waals surface area contributed by atoms with Gasteiger partial charge >= 0.3 is 5.97 Å². The van der Waals surface area contributed by atoms with Crippen molar-refractivity contribution in [3.05, 3.63) is 53.6 Å². The van der Waals surface area contributed by atoms with Crippen LogP contribution in [-0.4, -0.2) is 54.8 Å². The van der Waals surface area contributed by atoms with Crippen LogP contribution in [0.1, 0.15) is 24.2 Å². The van der Waals surface area contributed by atoms with E-state index in [1.165, 1.54) is 39.3 Å². The van der Waals surface area contributed by atoms with E-state index in [4.69, 9.17) is 18.9 Å². The Morgan fingerprint density at radius 2 is 1.80 bits per heavy atom. The number of carbonyl (C=O) groups is 1. The summed E-state index contributed by atoms with van der Waals surface area (Å²) in [5.74, 6) is 0.512. The van der Waals surface area contributed by atoms with Gasteiger partial charge in [0.2, 0.25) is 0 Å². The maximum absolute atomic E-state index is 10.8. The molecule has 0 aliphatic carbocycles. The minimum atomic E-state index is -1.18. The van der Waals surface area contributed by atoms with Crippen LogP contribution < -0.4 is 14.2 Å². The van der Waals surface area contributed by atoms with Crippen molar-refractivity contribution >= 4 is 12.0 Å².